The van der Waals surface area contributed by atoms with Crippen LogP contribution in [0.3, 0.4) is 0 Å². The predicted molar refractivity (Wildman–Crippen MR) is 90.2 cm³/mol. The number of carbonyl (C=O) groups is 4. The lowest BCUT2D eigenvalue weighted by molar-refractivity contribution is -0.154. The summed E-state index contributed by atoms with van der Waals surface area (Å²) in [5, 5.41) is 15.7. The zero-order valence-electron chi connectivity index (χ0n) is 15.4. The summed E-state index contributed by atoms with van der Waals surface area (Å²) in [7, 11) is 0. The minimum absolute atomic E-state index is 0.144. The minimum atomic E-state index is -1.21. The highest BCUT2D eigenvalue weighted by molar-refractivity contribution is 5.92. The molecule has 0 spiro atoms. The highest BCUT2D eigenvalue weighted by Gasteiger charge is 2.40. The molecular formula is C16H28N4O5. The van der Waals surface area contributed by atoms with Crippen LogP contribution in [0.4, 0.5) is 0 Å². The molecule has 2 unspecified atom stereocenters. The number of hydrazine groups is 1. The van der Waals surface area contributed by atoms with Crippen molar-refractivity contribution >= 4 is 23.7 Å². The standard InChI is InChI=1S/C16H28N4O5/c1-9(2)12(18-11(4)21)13(22)17-10(3)14(23)20-8-6-7-16(5,19-20)15(24)25/h9-10,12,19H,6-8H2,1-5H3,(H,17,22)(H,18,21)(H,24,25)/t10-,12?,16?/m0/s1. The van der Waals surface area contributed by atoms with E-state index in [2.05, 4.69) is 16.1 Å². The van der Waals surface area contributed by atoms with Gasteiger partial charge in [0.05, 0.1) is 0 Å². The largest absolute Gasteiger partial charge is 0.480 e. The molecule has 0 aliphatic carbocycles. The molecule has 1 heterocycles. The van der Waals surface area contributed by atoms with Gasteiger partial charge in [-0.2, -0.15) is 0 Å². The maximum atomic E-state index is 12.5. The van der Waals surface area contributed by atoms with E-state index >= 15 is 0 Å². The van der Waals surface area contributed by atoms with Crippen LogP contribution in [0.15, 0.2) is 0 Å². The van der Waals surface area contributed by atoms with Crippen LogP contribution < -0.4 is 16.1 Å². The zero-order valence-corrected chi connectivity index (χ0v) is 15.4. The van der Waals surface area contributed by atoms with Crippen molar-refractivity contribution in [3.8, 4) is 0 Å². The van der Waals surface area contributed by atoms with E-state index in [1.54, 1.807) is 13.8 Å². The van der Waals surface area contributed by atoms with Gasteiger partial charge in [-0.05, 0) is 32.6 Å². The summed E-state index contributed by atoms with van der Waals surface area (Å²) in [5.41, 5.74) is 1.52. The fourth-order valence-corrected chi connectivity index (χ4v) is 2.67. The van der Waals surface area contributed by atoms with Crippen molar-refractivity contribution in [2.45, 2.75) is 65.1 Å². The molecule has 0 aromatic heterocycles. The van der Waals surface area contributed by atoms with E-state index in [1.165, 1.54) is 25.8 Å². The van der Waals surface area contributed by atoms with Crippen LogP contribution in [0.5, 0.6) is 0 Å². The van der Waals surface area contributed by atoms with Crippen LogP contribution >= 0.6 is 0 Å². The number of nitrogens with one attached hydrogen (secondary N) is 3. The maximum Gasteiger partial charge on any atom is 0.325 e. The fourth-order valence-electron chi connectivity index (χ4n) is 2.67. The average Bonchev–Trinajstić information content (AvgIpc) is 2.51. The first kappa shape index (κ1) is 20.9. The van der Waals surface area contributed by atoms with Crippen molar-refractivity contribution in [3.63, 3.8) is 0 Å². The molecule has 9 heteroatoms. The van der Waals surface area contributed by atoms with E-state index in [9.17, 15) is 24.3 Å². The van der Waals surface area contributed by atoms with Crippen LogP contribution in [0.2, 0.25) is 0 Å². The maximum absolute atomic E-state index is 12.5. The number of amides is 3. The molecule has 1 rings (SSSR count). The first-order valence-electron chi connectivity index (χ1n) is 8.38. The lowest BCUT2D eigenvalue weighted by Gasteiger charge is -2.39. The van der Waals surface area contributed by atoms with Crippen molar-refractivity contribution < 1.29 is 24.3 Å². The molecule has 3 atom stereocenters. The monoisotopic (exact) mass is 356 g/mol. The van der Waals surface area contributed by atoms with Gasteiger partial charge >= 0.3 is 5.97 Å². The van der Waals surface area contributed by atoms with Gasteiger partial charge in [-0.25, -0.2) is 5.43 Å². The van der Waals surface area contributed by atoms with Crippen molar-refractivity contribution in [3.05, 3.63) is 0 Å². The number of nitrogens with zero attached hydrogens (tertiary/aromatic N) is 1. The van der Waals surface area contributed by atoms with E-state index in [0.717, 1.165) is 0 Å². The molecule has 0 bridgehead atoms. The molecule has 0 radical (unpaired) electrons. The Morgan fingerprint density at radius 3 is 2.24 bits per heavy atom. The fraction of sp³-hybridized carbons (Fsp3) is 0.750. The number of rotatable bonds is 6. The third-order valence-corrected chi connectivity index (χ3v) is 4.22. The third kappa shape index (κ3) is 5.42. The van der Waals surface area contributed by atoms with Gasteiger partial charge in [-0.3, -0.25) is 24.2 Å². The van der Waals surface area contributed by atoms with Gasteiger partial charge in [0.25, 0.3) is 5.91 Å². The van der Waals surface area contributed by atoms with Gasteiger partial charge in [-0.1, -0.05) is 13.8 Å². The van der Waals surface area contributed by atoms with Gasteiger partial charge in [0.2, 0.25) is 11.8 Å². The van der Waals surface area contributed by atoms with E-state index in [0.29, 0.717) is 19.4 Å². The van der Waals surface area contributed by atoms with Gasteiger partial charge in [0.1, 0.15) is 17.6 Å². The number of carbonyl (C=O) groups excluding carboxylic acids is 3. The predicted octanol–water partition coefficient (Wildman–Crippen LogP) is -0.378. The molecule has 0 aromatic rings. The van der Waals surface area contributed by atoms with Gasteiger partial charge in [0, 0.05) is 13.5 Å². The normalized spacial score (nSPS) is 22.9. The molecule has 9 nitrogen and oxygen atoms in total. The molecule has 4 N–H and O–H groups in total. The quantitative estimate of drug-likeness (QED) is 0.514. The van der Waals surface area contributed by atoms with Crippen LogP contribution in [-0.4, -0.2) is 58.0 Å². The van der Waals surface area contributed by atoms with Crippen molar-refractivity contribution in [1.82, 2.24) is 21.1 Å². The van der Waals surface area contributed by atoms with Crippen LogP contribution in [0, 0.1) is 5.92 Å². The SMILES string of the molecule is CC(=O)NC(C(=O)N[C@@H](C)C(=O)N1CCCC(C)(C(=O)O)N1)C(C)C. The minimum Gasteiger partial charge on any atom is -0.480 e. The van der Waals surface area contributed by atoms with Gasteiger partial charge < -0.3 is 15.7 Å². The van der Waals surface area contributed by atoms with E-state index < -0.39 is 35.4 Å². The molecule has 0 aromatic carbocycles. The van der Waals surface area contributed by atoms with Crippen molar-refractivity contribution in [2.24, 2.45) is 5.92 Å². The van der Waals surface area contributed by atoms with E-state index in [-0.39, 0.29) is 11.8 Å². The summed E-state index contributed by atoms with van der Waals surface area (Å²) < 4.78 is 0. The Morgan fingerprint density at radius 1 is 1.16 bits per heavy atom. The number of hydrogen-bond acceptors (Lipinski definition) is 5. The van der Waals surface area contributed by atoms with Crippen LogP contribution in [0.1, 0.15) is 47.5 Å². The Bertz CT molecular complexity index is 551. The van der Waals surface area contributed by atoms with E-state index in [1.807, 2.05) is 0 Å². The summed E-state index contributed by atoms with van der Waals surface area (Å²) in [4.78, 5) is 47.5. The molecule has 1 saturated heterocycles. The molecule has 0 saturated carbocycles. The molecule has 1 aliphatic heterocycles. The summed E-state index contributed by atoms with van der Waals surface area (Å²) in [6.45, 7) is 8.31. The van der Waals surface area contributed by atoms with Crippen LogP contribution in [0.25, 0.3) is 0 Å². The summed E-state index contributed by atoms with van der Waals surface area (Å²) in [6, 6.07) is -1.60. The van der Waals surface area contributed by atoms with Crippen LogP contribution in [-0.2, 0) is 19.2 Å². The molecule has 25 heavy (non-hydrogen) atoms. The third-order valence-electron chi connectivity index (χ3n) is 4.22. The zero-order chi connectivity index (χ0) is 19.4. The van der Waals surface area contributed by atoms with E-state index in [4.69, 9.17) is 0 Å². The van der Waals surface area contributed by atoms with Crippen molar-refractivity contribution in [2.75, 3.05) is 6.54 Å². The second-order valence-corrected chi connectivity index (χ2v) is 6.99. The number of aliphatic carboxylic acids is 1. The second kappa shape index (κ2) is 8.28. The summed E-state index contributed by atoms with van der Waals surface area (Å²) >= 11 is 0. The smallest absolute Gasteiger partial charge is 0.325 e. The highest BCUT2D eigenvalue weighted by Crippen LogP contribution is 2.19. The van der Waals surface area contributed by atoms with Gasteiger partial charge in [0.15, 0.2) is 0 Å². The van der Waals surface area contributed by atoms with Gasteiger partial charge in [-0.15, -0.1) is 0 Å². The number of carboxylic acids is 1. The lowest BCUT2D eigenvalue weighted by Crippen LogP contribution is -2.65. The number of hydrogen-bond donors (Lipinski definition) is 4. The molecule has 142 valence electrons. The molecule has 1 aliphatic rings. The molecule has 3 amide bonds. The average molecular weight is 356 g/mol. The Balaban J connectivity index is 2.74. The summed E-state index contributed by atoms with van der Waals surface area (Å²) in [5.74, 6) is -2.39. The Kier molecular flexibility index (Phi) is 6.92. The molecule has 1 fully saturated rings. The Labute approximate surface area is 147 Å². The topological polar surface area (TPSA) is 128 Å². The Hall–Kier alpha value is -2.16. The first-order valence-corrected chi connectivity index (χ1v) is 8.38. The molecular weight excluding hydrogens is 328 g/mol. The second-order valence-electron chi connectivity index (χ2n) is 6.99. The lowest BCUT2D eigenvalue weighted by atomic mass is 9.94. The summed E-state index contributed by atoms with van der Waals surface area (Å²) in [6.07, 6.45) is 0.952. The number of carboxylic acid groups (broad SMARTS) is 1. The first-order chi connectivity index (χ1) is 11.5. The Morgan fingerprint density at radius 2 is 1.76 bits per heavy atom. The highest BCUT2D eigenvalue weighted by atomic mass is 16.4. The van der Waals surface area contributed by atoms with Crippen molar-refractivity contribution in [1.29, 1.82) is 0 Å².